The molecule has 0 aliphatic carbocycles. The molecule has 0 N–H and O–H groups in total. The van der Waals surface area contributed by atoms with Crippen molar-refractivity contribution in [1.82, 2.24) is 19.7 Å². The summed E-state index contributed by atoms with van der Waals surface area (Å²) >= 11 is 5.90. The summed E-state index contributed by atoms with van der Waals surface area (Å²) in [7, 11) is 0. The molecular weight excluding hydrogens is 327 g/mol. The van der Waals surface area contributed by atoms with Crippen molar-refractivity contribution in [2.45, 2.75) is 6.54 Å². The molecule has 0 fully saturated rings. The van der Waals surface area contributed by atoms with Crippen molar-refractivity contribution in [2.75, 3.05) is 0 Å². The van der Waals surface area contributed by atoms with Gasteiger partial charge in [0.1, 0.15) is 17.2 Å². The molecule has 2 aromatic carbocycles. The highest BCUT2D eigenvalue weighted by Gasteiger charge is 2.15. The van der Waals surface area contributed by atoms with E-state index in [1.54, 1.807) is 35.3 Å². The number of hydrogen-bond acceptors (Lipinski definition) is 3. The Hall–Kier alpha value is -2.79. The second kappa shape index (κ2) is 6.02. The van der Waals surface area contributed by atoms with Gasteiger partial charge in [0.15, 0.2) is 5.82 Å². The summed E-state index contributed by atoms with van der Waals surface area (Å²) in [6.45, 7) is 0.592. The summed E-state index contributed by atoms with van der Waals surface area (Å²) in [5.74, 6) is 0.0314. The summed E-state index contributed by atoms with van der Waals surface area (Å²) < 4.78 is 15.7. The van der Waals surface area contributed by atoms with Crippen LogP contribution in [-0.4, -0.2) is 19.7 Å². The Morgan fingerprint density at radius 2 is 1.71 bits per heavy atom. The number of benzene rings is 2. The standard InChI is InChI=1S/C18H12ClFN4/c19-13-7-5-12(6-8-13)10-24-11-17-16(9-21-24)22-18(23-17)14-3-1-2-4-15(14)20/h1-9,11H,10H2. The molecule has 0 saturated heterocycles. The maximum Gasteiger partial charge on any atom is 0.163 e. The first-order valence-electron chi connectivity index (χ1n) is 7.38. The second-order valence-electron chi connectivity index (χ2n) is 5.40. The van der Waals surface area contributed by atoms with Crippen molar-refractivity contribution >= 4 is 11.6 Å². The van der Waals surface area contributed by atoms with Gasteiger partial charge in [-0.2, -0.15) is 5.10 Å². The third kappa shape index (κ3) is 2.86. The SMILES string of the molecule is Fc1ccccc1-c1nc2cnn(Cc3ccc(Cl)cc3)cc-2n1. The van der Waals surface area contributed by atoms with Gasteiger partial charge in [-0.05, 0) is 29.8 Å². The predicted molar refractivity (Wildman–Crippen MR) is 90.4 cm³/mol. The largest absolute Gasteiger partial charge is 0.266 e. The molecule has 0 bridgehead atoms. The molecule has 24 heavy (non-hydrogen) atoms. The van der Waals surface area contributed by atoms with Gasteiger partial charge < -0.3 is 0 Å². The minimum atomic E-state index is -0.338. The van der Waals surface area contributed by atoms with E-state index in [1.165, 1.54) is 6.07 Å². The Kier molecular flexibility index (Phi) is 3.70. The minimum absolute atomic E-state index is 0.338. The van der Waals surface area contributed by atoms with Crippen LogP contribution in [0.1, 0.15) is 5.56 Å². The van der Waals surface area contributed by atoms with Crippen molar-refractivity contribution in [3.8, 4) is 22.8 Å². The van der Waals surface area contributed by atoms with Crippen LogP contribution in [0.5, 0.6) is 0 Å². The zero-order valence-electron chi connectivity index (χ0n) is 12.5. The van der Waals surface area contributed by atoms with E-state index in [9.17, 15) is 4.39 Å². The zero-order chi connectivity index (χ0) is 16.5. The van der Waals surface area contributed by atoms with E-state index >= 15 is 0 Å². The van der Waals surface area contributed by atoms with Crippen molar-refractivity contribution in [3.05, 3.63) is 77.3 Å². The third-order valence-corrected chi connectivity index (χ3v) is 3.94. The second-order valence-corrected chi connectivity index (χ2v) is 5.83. The number of rotatable bonds is 3. The Balaban J connectivity index is 1.68. The van der Waals surface area contributed by atoms with E-state index in [0.29, 0.717) is 34.3 Å². The van der Waals surface area contributed by atoms with Crippen molar-refractivity contribution in [2.24, 2.45) is 0 Å². The van der Waals surface area contributed by atoms with Gasteiger partial charge in [-0.15, -0.1) is 0 Å². The van der Waals surface area contributed by atoms with Crippen LogP contribution in [0.3, 0.4) is 0 Å². The van der Waals surface area contributed by atoms with E-state index in [4.69, 9.17) is 11.6 Å². The van der Waals surface area contributed by atoms with Crippen molar-refractivity contribution < 1.29 is 4.39 Å². The maximum absolute atomic E-state index is 13.9. The molecular formula is C18H12ClFN4. The van der Waals surface area contributed by atoms with Crippen LogP contribution in [0.2, 0.25) is 5.02 Å². The molecule has 4 nitrogen and oxygen atoms in total. The van der Waals surface area contributed by atoms with Gasteiger partial charge in [0.2, 0.25) is 0 Å². The normalized spacial score (nSPS) is 11.1. The number of imidazole rings is 1. The highest BCUT2D eigenvalue weighted by atomic mass is 35.5. The average molecular weight is 339 g/mol. The van der Waals surface area contributed by atoms with E-state index in [1.807, 2.05) is 24.3 Å². The molecule has 0 radical (unpaired) electrons. The summed E-state index contributed by atoms with van der Waals surface area (Å²) in [6, 6.07) is 14.0. The van der Waals surface area contributed by atoms with Crippen molar-refractivity contribution in [1.29, 1.82) is 0 Å². The lowest BCUT2D eigenvalue weighted by atomic mass is 10.2. The molecule has 2 heterocycles. The Bertz CT molecular complexity index is 965. The van der Waals surface area contributed by atoms with Gasteiger partial charge in [-0.25, -0.2) is 14.4 Å². The molecule has 0 saturated carbocycles. The minimum Gasteiger partial charge on any atom is -0.266 e. The van der Waals surface area contributed by atoms with Gasteiger partial charge in [-0.1, -0.05) is 35.9 Å². The Morgan fingerprint density at radius 1 is 0.958 bits per heavy atom. The molecule has 6 heteroatoms. The summed E-state index contributed by atoms with van der Waals surface area (Å²) in [5.41, 5.74) is 2.78. The summed E-state index contributed by atoms with van der Waals surface area (Å²) in [6.07, 6.45) is 3.45. The van der Waals surface area contributed by atoms with Gasteiger partial charge >= 0.3 is 0 Å². The molecule has 0 amide bonds. The first-order valence-corrected chi connectivity index (χ1v) is 7.76. The number of halogens is 2. The number of aromatic nitrogens is 4. The third-order valence-electron chi connectivity index (χ3n) is 3.69. The highest BCUT2D eigenvalue weighted by molar-refractivity contribution is 6.30. The molecule has 2 aliphatic rings. The van der Waals surface area contributed by atoms with Gasteiger partial charge in [0.05, 0.1) is 24.5 Å². The topological polar surface area (TPSA) is 43.6 Å². The first kappa shape index (κ1) is 14.8. The van der Waals surface area contributed by atoms with Crippen LogP contribution in [-0.2, 0) is 6.54 Å². The van der Waals surface area contributed by atoms with E-state index < -0.39 is 0 Å². The molecule has 2 aromatic rings. The molecule has 0 spiro atoms. The molecule has 0 aromatic heterocycles. The van der Waals surface area contributed by atoms with E-state index in [-0.39, 0.29) is 5.82 Å². The Labute approximate surface area is 142 Å². The number of hydrogen-bond donors (Lipinski definition) is 0. The van der Waals surface area contributed by atoms with Gasteiger partial charge in [0.25, 0.3) is 0 Å². The fourth-order valence-corrected chi connectivity index (χ4v) is 2.61. The van der Waals surface area contributed by atoms with Crippen LogP contribution in [0, 0.1) is 5.82 Å². The van der Waals surface area contributed by atoms with Crippen LogP contribution in [0.4, 0.5) is 4.39 Å². The predicted octanol–water partition coefficient (Wildman–Crippen LogP) is 4.29. The lowest BCUT2D eigenvalue weighted by molar-refractivity contribution is 0.630. The molecule has 0 atom stereocenters. The lowest BCUT2D eigenvalue weighted by Crippen LogP contribution is -2.05. The fraction of sp³-hybridized carbons (Fsp3) is 0.0556. The van der Waals surface area contributed by atoms with Gasteiger partial charge in [0, 0.05) is 5.02 Å². The van der Waals surface area contributed by atoms with Crippen molar-refractivity contribution in [3.63, 3.8) is 0 Å². The Morgan fingerprint density at radius 3 is 2.50 bits per heavy atom. The fourth-order valence-electron chi connectivity index (χ4n) is 2.49. The van der Waals surface area contributed by atoms with Crippen LogP contribution >= 0.6 is 11.6 Å². The van der Waals surface area contributed by atoms with Gasteiger partial charge in [-0.3, -0.25) is 4.68 Å². The summed E-state index contributed by atoms with van der Waals surface area (Å²) in [4.78, 5) is 8.79. The molecule has 118 valence electrons. The van der Waals surface area contributed by atoms with E-state index in [2.05, 4.69) is 15.1 Å². The van der Waals surface area contributed by atoms with Crippen LogP contribution in [0.25, 0.3) is 22.8 Å². The number of nitrogens with zero attached hydrogens (tertiary/aromatic N) is 4. The van der Waals surface area contributed by atoms with Crippen LogP contribution < -0.4 is 0 Å². The maximum atomic E-state index is 13.9. The zero-order valence-corrected chi connectivity index (χ0v) is 13.3. The average Bonchev–Trinajstić information content (AvgIpc) is 3.00. The molecule has 0 unspecified atom stereocenters. The first-order chi connectivity index (χ1) is 11.7. The lowest BCUT2D eigenvalue weighted by Gasteiger charge is -2.06. The smallest absolute Gasteiger partial charge is 0.163 e. The summed E-state index contributed by atoms with van der Waals surface area (Å²) in [5, 5.41) is 5.04. The van der Waals surface area contributed by atoms with E-state index in [0.717, 1.165) is 5.56 Å². The number of fused-ring (bicyclic) bond motifs is 1. The monoisotopic (exact) mass is 338 g/mol. The molecule has 2 aliphatic heterocycles. The quantitative estimate of drug-likeness (QED) is 0.560. The van der Waals surface area contributed by atoms with Crippen LogP contribution in [0.15, 0.2) is 60.9 Å². The molecule has 4 rings (SSSR count). The highest BCUT2D eigenvalue weighted by Crippen LogP contribution is 2.25.